The van der Waals surface area contributed by atoms with E-state index in [4.69, 9.17) is 11.6 Å². The molecule has 0 unspecified atom stereocenters. The molecule has 2 heterocycles. The maximum absolute atomic E-state index is 12.6. The average molecular weight is 389 g/mol. The van der Waals surface area contributed by atoms with Crippen LogP contribution in [0.15, 0.2) is 52.6 Å². The van der Waals surface area contributed by atoms with E-state index in [-0.39, 0.29) is 11.6 Å². The van der Waals surface area contributed by atoms with Crippen LogP contribution in [0.5, 0.6) is 0 Å². The second-order valence-electron chi connectivity index (χ2n) is 5.20. The van der Waals surface area contributed by atoms with Crippen LogP contribution >= 0.6 is 23.4 Å². The highest BCUT2D eigenvalue weighted by Gasteiger charge is 2.33. The van der Waals surface area contributed by atoms with E-state index in [0.29, 0.717) is 32.9 Å². The number of aromatic nitrogens is 1. The van der Waals surface area contributed by atoms with Crippen LogP contribution in [0, 0.1) is 10.1 Å². The number of thioether (sulfide) groups is 1. The number of likely N-dealkylation sites (N-methyl/N-ethyl adjacent to an activating group) is 1. The van der Waals surface area contributed by atoms with Crippen LogP contribution in [-0.4, -0.2) is 32.4 Å². The van der Waals surface area contributed by atoms with Crippen LogP contribution in [0.4, 0.5) is 11.4 Å². The Bertz CT molecular complexity index is 945. The number of nitro groups is 1. The molecule has 0 saturated carbocycles. The second kappa shape index (κ2) is 7.67. The van der Waals surface area contributed by atoms with Crippen LogP contribution in [-0.2, 0) is 4.79 Å². The molecule has 3 rings (SSSR count). The van der Waals surface area contributed by atoms with Gasteiger partial charge in [0.15, 0.2) is 5.17 Å². The third-order valence-corrected chi connectivity index (χ3v) is 4.89. The molecule has 1 amide bonds. The molecule has 0 aliphatic carbocycles. The van der Waals surface area contributed by atoms with Gasteiger partial charge in [-0.3, -0.25) is 24.8 Å². The van der Waals surface area contributed by atoms with E-state index < -0.39 is 4.92 Å². The molecule has 26 heavy (non-hydrogen) atoms. The summed E-state index contributed by atoms with van der Waals surface area (Å²) >= 11 is 7.24. The van der Waals surface area contributed by atoms with E-state index in [0.717, 1.165) is 11.8 Å². The van der Waals surface area contributed by atoms with E-state index in [1.807, 2.05) is 6.92 Å². The molecule has 0 spiro atoms. The van der Waals surface area contributed by atoms with Crippen molar-refractivity contribution in [2.45, 2.75) is 6.92 Å². The van der Waals surface area contributed by atoms with E-state index in [2.05, 4.69) is 9.98 Å². The monoisotopic (exact) mass is 388 g/mol. The SMILES string of the molecule is CCN1C(=O)/C(=C/c2ccccc2[N+](=O)[O-])SC1=Nc1ccncc1Cl. The minimum absolute atomic E-state index is 0.0565. The van der Waals surface area contributed by atoms with E-state index in [1.54, 1.807) is 30.5 Å². The molecule has 1 aliphatic rings. The zero-order valence-electron chi connectivity index (χ0n) is 13.6. The Morgan fingerprint density at radius 1 is 1.38 bits per heavy atom. The molecule has 1 aromatic carbocycles. The first-order chi connectivity index (χ1) is 12.5. The summed E-state index contributed by atoms with van der Waals surface area (Å²) in [5, 5.41) is 12.0. The number of amides is 1. The summed E-state index contributed by atoms with van der Waals surface area (Å²) in [6, 6.07) is 7.93. The number of carbonyl (C=O) groups excluding carboxylic acids is 1. The highest BCUT2D eigenvalue weighted by atomic mass is 35.5. The van der Waals surface area contributed by atoms with Crippen molar-refractivity contribution in [3.63, 3.8) is 0 Å². The number of hydrogen-bond donors (Lipinski definition) is 0. The molecular weight excluding hydrogens is 376 g/mol. The zero-order chi connectivity index (χ0) is 18.7. The summed E-state index contributed by atoms with van der Waals surface area (Å²) in [5.74, 6) is -0.250. The van der Waals surface area contributed by atoms with Crippen LogP contribution in [0.2, 0.25) is 5.02 Å². The first kappa shape index (κ1) is 18.1. The van der Waals surface area contributed by atoms with Gasteiger partial charge in [-0.2, -0.15) is 0 Å². The molecule has 0 radical (unpaired) electrons. The van der Waals surface area contributed by atoms with Gasteiger partial charge in [-0.15, -0.1) is 0 Å². The molecule has 9 heteroatoms. The van der Waals surface area contributed by atoms with Gasteiger partial charge in [-0.1, -0.05) is 23.7 Å². The molecule has 0 bridgehead atoms. The molecule has 132 valence electrons. The standard InChI is InChI=1S/C17H13ClN4O3S/c1-2-21-16(23)15(9-11-5-3-4-6-14(11)22(24)25)26-17(21)20-13-7-8-19-10-12(13)18/h3-10H,2H2,1H3/b15-9-,20-17?. The minimum Gasteiger partial charge on any atom is -0.287 e. The number of para-hydroxylation sites is 1. The molecule has 2 aromatic rings. The number of rotatable bonds is 4. The molecule has 1 aromatic heterocycles. The summed E-state index contributed by atoms with van der Waals surface area (Å²) < 4.78 is 0. The Morgan fingerprint density at radius 3 is 2.85 bits per heavy atom. The van der Waals surface area contributed by atoms with Gasteiger partial charge in [0.2, 0.25) is 0 Å². The summed E-state index contributed by atoms with van der Waals surface area (Å²) in [6.45, 7) is 2.25. The van der Waals surface area contributed by atoms with Gasteiger partial charge < -0.3 is 0 Å². The number of benzene rings is 1. The molecule has 1 aliphatic heterocycles. The summed E-state index contributed by atoms with van der Waals surface area (Å²) in [7, 11) is 0. The predicted octanol–water partition coefficient (Wildman–Crippen LogP) is 4.27. The van der Waals surface area contributed by atoms with Crippen LogP contribution < -0.4 is 0 Å². The van der Waals surface area contributed by atoms with Gasteiger partial charge in [0.25, 0.3) is 11.6 Å². The first-order valence-electron chi connectivity index (χ1n) is 7.64. The summed E-state index contributed by atoms with van der Waals surface area (Å²) in [6.07, 6.45) is 4.56. The van der Waals surface area contributed by atoms with Gasteiger partial charge in [-0.05, 0) is 36.9 Å². The van der Waals surface area contributed by atoms with Crippen molar-refractivity contribution in [3.05, 3.63) is 68.3 Å². The molecule has 1 fully saturated rings. The third-order valence-electron chi connectivity index (χ3n) is 3.59. The molecule has 0 atom stereocenters. The van der Waals surface area contributed by atoms with Crippen LogP contribution in [0.3, 0.4) is 0 Å². The van der Waals surface area contributed by atoms with Crippen molar-refractivity contribution in [2.75, 3.05) is 6.54 Å². The minimum atomic E-state index is -0.472. The van der Waals surface area contributed by atoms with Crippen LogP contribution in [0.1, 0.15) is 12.5 Å². The van der Waals surface area contributed by atoms with E-state index >= 15 is 0 Å². The number of carbonyl (C=O) groups is 1. The van der Waals surface area contributed by atoms with Crippen LogP contribution in [0.25, 0.3) is 6.08 Å². The van der Waals surface area contributed by atoms with Gasteiger partial charge in [-0.25, -0.2) is 4.99 Å². The lowest BCUT2D eigenvalue weighted by atomic mass is 10.1. The van der Waals surface area contributed by atoms with Crippen molar-refractivity contribution in [1.82, 2.24) is 9.88 Å². The Labute approximate surface area is 158 Å². The highest BCUT2D eigenvalue weighted by molar-refractivity contribution is 8.18. The van der Waals surface area contributed by atoms with Crippen molar-refractivity contribution in [3.8, 4) is 0 Å². The maximum Gasteiger partial charge on any atom is 0.276 e. The molecule has 1 saturated heterocycles. The quantitative estimate of drug-likeness (QED) is 0.443. The summed E-state index contributed by atoms with van der Waals surface area (Å²) in [5.41, 5.74) is 0.814. The zero-order valence-corrected chi connectivity index (χ0v) is 15.2. The fourth-order valence-corrected chi connectivity index (χ4v) is 3.56. The molecule has 0 N–H and O–H groups in total. The lowest BCUT2D eigenvalue weighted by Crippen LogP contribution is -2.28. The van der Waals surface area contributed by atoms with Gasteiger partial charge >= 0.3 is 0 Å². The van der Waals surface area contributed by atoms with Gasteiger partial charge in [0.05, 0.1) is 26.1 Å². The Hall–Kier alpha value is -2.71. The Morgan fingerprint density at radius 2 is 2.15 bits per heavy atom. The number of amidine groups is 1. The largest absolute Gasteiger partial charge is 0.287 e. The van der Waals surface area contributed by atoms with E-state index in [9.17, 15) is 14.9 Å². The van der Waals surface area contributed by atoms with Crippen molar-refractivity contribution >= 4 is 51.9 Å². The van der Waals surface area contributed by atoms with Crippen molar-refractivity contribution in [2.24, 2.45) is 4.99 Å². The van der Waals surface area contributed by atoms with Crippen molar-refractivity contribution < 1.29 is 9.72 Å². The lowest BCUT2D eigenvalue weighted by Gasteiger charge is -2.12. The third kappa shape index (κ3) is 3.61. The highest BCUT2D eigenvalue weighted by Crippen LogP contribution is 2.36. The fraction of sp³-hybridized carbons (Fsp3) is 0.118. The lowest BCUT2D eigenvalue weighted by molar-refractivity contribution is -0.385. The Kier molecular flexibility index (Phi) is 5.34. The summed E-state index contributed by atoms with van der Waals surface area (Å²) in [4.78, 5) is 33.6. The van der Waals surface area contributed by atoms with E-state index in [1.165, 1.54) is 23.2 Å². The smallest absolute Gasteiger partial charge is 0.276 e. The molecular formula is C17H13ClN4O3S. The maximum atomic E-state index is 12.6. The number of aliphatic imine (C=N–C) groups is 1. The van der Waals surface area contributed by atoms with Gasteiger partial charge in [0.1, 0.15) is 0 Å². The Balaban J connectivity index is 2.00. The molecule has 7 nitrogen and oxygen atoms in total. The number of pyridine rings is 1. The topological polar surface area (TPSA) is 88.7 Å². The van der Waals surface area contributed by atoms with Gasteiger partial charge in [0, 0.05) is 25.0 Å². The number of nitro benzene ring substituents is 1. The number of hydrogen-bond acceptors (Lipinski definition) is 6. The first-order valence-corrected chi connectivity index (χ1v) is 8.83. The number of nitrogens with zero attached hydrogens (tertiary/aromatic N) is 4. The fourth-order valence-electron chi connectivity index (χ4n) is 2.35. The second-order valence-corrected chi connectivity index (χ2v) is 6.61. The number of halogens is 1. The average Bonchev–Trinajstić information content (AvgIpc) is 2.92. The predicted molar refractivity (Wildman–Crippen MR) is 102 cm³/mol. The normalized spacial score (nSPS) is 17.3. The van der Waals surface area contributed by atoms with Crippen molar-refractivity contribution in [1.29, 1.82) is 0 Å².